The van der Waals surface area contributed by atoms with Gasteiger partial charge in [0.25, 0.3) is 10.0 Å². The summed E-state index contributed by atoms with van der Waals surface area (Å²) in [6, 6.07) is 13.7. The Hall–Kier alpha value is -3.15. The monoisotopic (exact) mass is 539 g/mol. The fourth-order valence-corrected chi connectivity index (χ4v) is 5.75. The van der Waals surface area contributed by atoms with Crippen LogP contribution in [0.3, 0.4) is 0 Å². The third-order valence-corrected chi connectivity index (χ3v) is 7.89. The maximum atomic E-state index is 13.0. The average molecular weight is 540 g/mol. The Morgan fingerprint density at radius 1 is 0.943 bits per heavy atom. The van der Waals surface area contributed by atoms with Crippen LogP contribution in [0.5, 0.6) is 0 Å². The molecule has 1 atom stereocenters. The van der Waals surface area contributed by atoms with E-state index < -0.39 is 37.8 Å². The molecule has 8 nitrogen and oxygen atoms in total. The van der Waals surface area contributed by atoms with Crippen molar-refractivity contribution in [2.75, 3.05) is 20.6 Å². The number of rotatable bonds is 8. The number of anilines is 3. The largest absolute Gasteiger partial charge is 0.324 e. The highest BCUT2D eigenvalue weighted by atomic mass is 35.5. The number of halogens is 2. The third kappa shape index (κ3) is 6.50. The second-order valence-corrected chi connectivity index (χ2v) is 11.8. The fourth-order valence-electron chi connectivity index (χ4n) is 3.30. The molecule has 3 aromatic rings. The molecule has 0 saturated heterocycles. The fraction of sp³-hybridized carbons (Fsp3) is 0.174. The van der Waals surface area contributed by atoms with E-state index in [0.717, 1.165) is 22.7 Å². The predicted molar refractivity (Wildman–Crippen MR) is 135 cm³/mol. The first-order valence-corrected chi connectivity index (χ1v) is 13.9. The average Bonchev–Trinajstić information content (AvgIpc) is 2.77. The highest BCUT2D eigenvalue weighted by molar-refractivity contribution is 7.92. The van der Waals surface area contributed by atoms with Gasteiger partial charge in [-0.3, -0.25) is 13.8 Å². The van der Waals surface area contributed by atoms with Crippen molar-refractivity contribution in [1.82, 2.24) is 0 Å². The van der Waals surface area contributed by atoms with Crippen molar-refractivity contribution in [3.8, 4) is 0 Å². The van der Waals surface area contributed by atoms with E-state index in [1.54, 1.807) is 19.1 Å². The van der Waals surface area contributed by atoms with E-state index in [-0.39, 0.29) is 22.0 Å². The molecule has 1 amide bonds. The molecule has 0 aliphatic heterocycles. The number of benzene rings is 3. The Morgan fingerprint density at radius 2 is 1.51 bits per heavy atom. The van der Waals surface area contributed by atoms with E-state index >= 15 is 0 Å². The van der Waals surface area contributed by atoms with Crippen LogP contribution in [0, 0.1) is 12.7 Å². The molecule has 0 saturated carbocycles. The molecule has 35 heavy (non-hydrogen) atoms. The SMILES string of the molecule is Cc1ccc(Cl)cc1N([C@H](C)C(=O)Nc1ccc(S(=O)(=O)Nc2ccc(F)cc2)cc1)S(C)(=O)=O. The molecule has 0 bridgehead atoms. The Morgan fingerprint density at radius 3 is 2.09 bits per heavy atom. The van der Waals surface area contributed by atoms with Crippen LogP contribution in [-0.2, 0) is 24.8 Å². The first-order valence-electron chi connectivity index (χ1n) is 10.2. The van der Waals surface area contributed by atoms with Crippen molar-refractivity contribution in [2.45, 2.75) is 24.8 Å². The summed E-state index contributed by atoms with van der Waals surface area (Å²) >= 11 is 6.04. The molecule has 0 radical (unpaired) electrons. The van der Waals surface area contributed by atoms with Gasteiger partial charge >= 0.3 is 0 Å². The summed E-state index contributed by atoms with van der Waals surface area (Å²) in [5.74, 6) is -1.13. The minimum Gasteiger partial charge on any atom is -0.324 e. The van der Waals surface area contributed by atoms with Gasteiger partial charge in [0, 0.05) is 16.4 Å². The summed E-state index contributed by atoms with van der Waals surface area (Å²) in [5.41, 5.74) is 1.34. The zero-order valence-corrected chi connectivity index (χ0v) is 21.4. The maximum Gasteiger partial charge on any atom is 0.261 e. The molecule has 0 fully saturated rings. The number of amides is 1. The van der Waals surface area contributed by atoms with Gasteiger partial charge in [-0.05, 0) is 80.1 Å². The maximum absolute atomic E-state index is 13.0. The lowest BCUT2D eigenvalue weighted by molar-refractivity contribution is -0.116. The van der Waals surface area contributed by atoms with Crippen LogP contribution in [0.1, 0.15) is 12.5 Å². The zero-order valence-electron chi connectivity index (χ0n) is 19.0. The third-order valence-electron chi connectivity index (χ3n) is 5.03. The minimum absolute atomic E-state index is 0.0832. The van der Waals surface area contributed by atoms with Crippen LogP contribution in [0.25, 0.3) is 0 Å². The van der Waals surface area contributed by atoms with Gasteiger partial charge in [-0.25, -0.2) is 21.2 Å². The zero-order chi connectivity index (χ0) is 26.0. The summed E-state index contributed by atoms with van der Waals surface area (Å²) in [7, 11) is -7.80. The molecule has 3 rings (SSSR count). The Balaban J connectivity index is 1.79. The molecule has 0 spiro atoms. The number of carbonyl (C=O) groups excluding carboxylic acids is 1. The molecule has 0 aromatic heterocycles. The van der Waals surface area contributed by atoms with Gasteiger partial charge in [0.15, 0.2) is 0 Å². The molecule has 186 valence electrons. The van der Waals surface area contributed by atoms with Crippen molar-refractivity contribution in [1.29, 1.82) is 0 Å². The van der Waals surface area contributed by atoms with Gasteiger partial charge in [-0.15, -0.1) is 0 Å². The van der Waals surface area contributed by atoms with Gasteiger partial charge in [-0.2, -0.15) is 0 Å². The number of sulfonamides is 2. The summed E-state index contributed by atoms with van der Waals surface area (Å²) in [5, 5.41) is 2.92. The van der Waals surface area contributed by atoms with Crippen molar-refractivity contribution < 1.29 is 26.0 Å². The predicted octanol–water partition coefficient (Wildman–Crippen LogP) is 4.38. The molecule has 3 aromatic carbocycles. The van der Waals surface area contributed by atoms with E-state index in [9.17, 15) is 26.0 Å². The van der Waals surface area contributed by atoms with Crippen LogP contribution in [-0.4, -0.2) is 35.0 Å². The summed E-state index contributed by atoms with van der Waals surface area (Å²) in [6.45, 7) is 3.13. The molecular formula is C23H23ClFN3O5S2. The first kappa shape index (κ1) is 26.5. The Kier molecular flexibility index (Phi) is 7.73. The van der Waals surface area contributed by atoms with Gasteiger partial charge in [0.2, 0.25) is 15.9 Å². The van der Waals surface area contributed by atoms with Crippen molar-refractivity contribution in [3.63, 3.8) is 0 Å². The first-order chi connectivity index (χ1) is 16.3. The Bertz CT molecular complexity index is 1450. The van der Waals surface area contributed by atoms with Crippen LogP contribution >= 0.6 is 11.6 Å². The highest BCUT2D eigenvalue weighted by Crippen LogP contribution is 2.29. The molecular weight excluding hydrogens is 517 g/mol. The van der Waals surface area contributed by atoms with Crippen molar-refractivity contribution in [2.24, 2.45) is 0 Å². The number of nitrogens with one attached hydrogen (secondary N) is 2. The normalized spacial score (nSPS) is 12.6. The molecule has 0 heterocycles. The standard InChI is InChI=1S/C23H23ClFN3O5S2/c1-15-4-5-17(24)14-22(15)28(34(3,30)31)16(2)23(29)26-19-10-12-21(13-11-19)35(32,33)27-20-8-6-18(25)7-9-20/h4-14,16,27H,1-3H3,(H,26,29)/t16-/m1/s1. The molecule has 0 aliphatic carbocycles. The molecule has 12 heteroatoms. The lowest BCUT2D eigenvalue weighted by Gasteiger charge is -2.29. The van der Waals surface area contributed by atoms with E-state index in [1.807, 2.05) is 0 Å². The number of hydrogen-bond donors (Lipinski definition) is 2. The second kappa shape index (κ2) is 10.2. The van der Waals surface area contributed by atoms with Gasteiger partial charge in [0.05, 0.1) is 16.8 Å². The Labute approximate surface area is 208 Å². The van der Waals surface area contributed by atoms with Crippen LogP contribution in [0.2, 0.25) is 5.02 Å². The van der Waals surface area contributed by atoms with Crippen LogP contribution < -0.4 is 14.3 Å². The van der Waals surface area contributed by atoms with Crippen molar-refractivity contribution in [3.05, 3.63) is 83.1 Å². The van der Waals surface area contributed by atoms with E-state index in [4.69, 9.17) is 11.6 Å². The number of hydrogen-bond acceptors (Lipinski definition) is 5. The summed E-state index contributed by atoms with van der Waals surface area (Å²) in [4.78, 5) is 12.8. The van der Waals surface area contributed by atoms with Crippen LogP contribution in [0.4, 0.5) is 21.5 Å². The number of carbonyl (C=O) groups is 1. The topological polar surface area (TPSA) is 113 Å². The van der Waals surface area contributed by atoms with Gasteiger partial charge in [-0.1, -0.05) is 17.7 Å². The highest BCUT2D eigenvalue weighted by Gasteiger charge is 2.30. The van der Waals surface area contributed by atoms with Gasteiger partial charge < -0.3 is 5.32 Å². The summed E-state index contributed by atoms with van der Waals surface area (Å²) in [6.07, 6.45) is 0.991. The molecule has 0 unspecified atom stereocenters. The quantitative estimate of drug-likeness (QED) is 0.441. The lowest BCUT2D eigenvalue weighted by atomic mass is 10.1. The van der Waals surface area contributed by atoms with E-state index in [2.05, 4.69) is 10.0 Å². The molecule has 2 N–H and O–H groups in total. The van der Waals surface area contributed by atoms with Crippen molar-refractivity contribution >= 4 is 54.6 Å². The number of aryl methyl sites for hydroxylation is 1. The van der Waals surface area contributed by atoms with E-state index in [1.165, 1.54) is 49.4 Å². The lowest BCUT2D eigenvalue weighted by Crippen LogP contribution is -2.45. The number of nitrogens with zero attached hydrogens (tertiary/aromatic N) is 1. The van der Waals surface area contributed by atoms with Gasteiger partial charge in [0.1, 0.15) is 11.9 Å². The second-order valence-electron chi connectivity index (χ2n) is 7.79. The minimum atomic E-state index is -3.95. The summed E-state index contributed by atoms with van der Waals surface area (Å²) < 4.78 is 66.5. The van der Waals surface area contributed by atoms with Crippen LogP contribution in [0.15, 0.2) is 71.6 Å². The smallest absolute Gasteiger partial charge is 0.261 e. The molecule has 0 aliphatic rings. The van der Waals surface area contributed by atoms with E-state index in [0.29, 0.717) is 10.6 Å².